The van der Waals surface area contributed by atoms with E-state index in [2.05, 4.69) is 0 Å². The number of hydrogen-bond acceptors (Lipinski definition) is 3. The van der Waals surface area contributed by atoms with Gasteiger partial charge in [0.25, 0.3) is 0 Å². The van der Waals surface area contributed by atoms with E-state index >= 15 is 0 Å². The number of carbonyl (C=O) groups is 1. The minimum atomic E-state index is -0.428. The van der Waals surface area contributed by atoms with Crippen molar-refractivity contribution in [2.24, 2.45) is 0 Å². The average Bonchev–Trinajstić information content (AvgIpc) is 2.47. The van der Waals surface area contributed by atoms with Gasteiger partial charge >= 0.3 is 5.97 Å². The SMILES string of the molecule is CCOC(=O)/C(=C\c1cccc2ccccc12)OCC. The van der Waals surface area contributed by atoms with Gasteiger partial charge in [-0.25, -0.2) is 4.79 Å². The highest BCUT2D eigenvalue weighted by atomic mass is 16.6. The predicted molar refractivity (Wildman–Crippen MR) is 80.2 cm³/mol. The van der Waals surface area contributed by atoms with Crippen molar-refractivity contribution in [3.8, 4) is 0 Å². The van der Waals surface area contributed by atoms with Gasteiger partial charge in [-0.1, -0.05) is 42.5 Å². The topological polar surface area (TPSA) is 35.5 Å². The van der Waals surface area contributed by atoms with E-state index in [1.54, 1.807) is 13.0 Å². The van der Waals surface area contributed by atoms with Gasteiger partial charge in [0.15, 0.2) is 0 Å². The molecule has 0 N–H and O–H groups in total. The minimum Gasteiger partial charge on any atom is -0.487 e. The third-order valence-corrected chi connectivity index (χ3v) is 2.89. The van der Waals surface area contributed by atoms with Crippen LogP contribution in [0.4, 0.5) is 0 Å². The van der Waals surface area contributed by atoms with Crippen LogP contribution in [0.2, 0.25) is 0 Å². The maximum absolute atomic E-state index is 11.9. The lowest BCUT2D eigenvalue weighted by Crippen LogP contribution is -2.10. The van der Waals surface area contributed by atoms with E-state index in [4.69, 9.17) is 9.47 Å². The summed E-state index contributed by atoms with van der Waals surface area (Å²) in [6.07, 6.45) is 1.74. The van der Waals surface area contributed by atoms with Crippen molar-refractivity contribution < 1.29 is 14.3 Å². The standard InChI is InChI=1S/C17H18O3/c1-3-19-16(17(18)20-4-2)12-14-10-7-9-13-8-5-6-11-15(13)14/h5-12H,3-4H2,1-2H3/b16-12+. The monoisotopic (exact) mass is 270 g/mol. The molecule has 3 heteroatoms. The first-order valence-corrected chi connectivity index (χ1v) is 6.75. The Bertz CT molecular complexity index is 624. The molecule has 0 saturated heterocycles. The molecule has 0 fully saturated rings. The summed E-state index contributed by atoms with van der Waals surface area (Å²) in [6, 6.07) is 14.0. The minimum absolute atomic E-state index is 0.241. The van der Waals surface area contributed by atoms with Crippen LogP contribution in [-0.4, -0.2) is 19.2 Å². The quantitative estimate of drug-likeness (QED) is 0.471. The number of fused-ring (bicyclic) bond motifs is 1. The highest BCUT2D eigenvalue weighted by Crippen LogP contribution is 2.21. The molecule has 2 rings (SSSR count). The lowest BCUT2D eigenvalue weighted by molar-refractivity contribution is -0.142. The summed E-state index contributed by atoms with van der Waals surface area (Å²) in [6.45, 7) is 4.38. The molecule has 0 spiro atoms. The Balaban J connectivity index is 2.45. The second kappa shape index (κ2) is 6.75. The molecule has 0 aliphatic rings. The van der Waals surface area contributed by atoms with Crippen LogP contribution in [-0.2, 0) is 14.3 Å². The lowest BCUT2D eigenvalue weighted by atomic mass is 10.0. The predicted octanol–water partition coefficient (Wildman–Crippen LogP) is 3.78. The van der Waals surface area contributed by atoms with E-state index in [9.17, 15) is 4.79 Å². The number of hydrogen-bond donors (Lipinski definition) is 0. The summed E-state index contributed by atoms with van der Waals surface area (Å²) >= 11 is 0. The van der Waals surface area contributed by atoms with Crippen LogP contribution in [0.25, 0.3) is 16.8 Å². The maximum atomic E-state index is 11.9. The van der Waals surface area contributed by atoms with Crippen LogP contribution in [0, 0.1) is 0 Å². The van der Waals surface area contributed by atoms with Gasteiger partial charge < -0.3 is 9.47 Å². The first kappa shape index (κ1) is 14.1. The normalized spacial score (nSPS) is 11.4. The molecular weight excluding hydrogens is 252 g/mol. The van der Waals surface area contributed by atoms with Crippen molar-refractivity contribution in [2.75, 3.05) is 13.2 Å². The third kappa shape index (κ3) is 3.18. The number of benzene rings is 2. The average molecular weight is 270 g/mol. The second-order valence-corrected chi connectivity index (χ2v) is 4.23. The Kier molecular flexibility index (Phi) is 4.77. The van der Waals surface area contributed by atoms with Gasteiger partial charge in [0.05, 0.1) is 13.2 Å². The van der Waals surface area contributed by atoms with E-state index in [1.165, 1.54) is 0 Å². The summed E-state index contributed by atoms with van der Waals surface area (Å²) in [5.41, 5.74) is 0.944. The molecule has 20 heavy (non-hydrogen) atoms. The van der Waals surface area contributed by atoms with Crippen molar-refractivity contribution in [2.45, 2.75) is 13.8 Å². The van der Waals surface area contributed by atoms with E-state index in [-0.39, 0.29) is 5.76 Å². The number of carbonyl (C=O) groups excluding carboxylic acids is 1. The molecule has 2 aromatic rings. The first-order chi connectivity index (χ1) is 9.76. The number of ether oxygens (including phenoxy) is 2. The molecule has 0 bridgehead atoms. The van der Waals surface area contributed by atoms with Gasteiger partial charge in [0.1, 0.15) is 0 Å². The fraction of sp³-hybridized carbons (Fsp3) is 0.235. The van der Waals surface area contributed by atoms with Crippen LogP contribution in [0.1, 0.15) is 19.4 Å². The van der Waals surface area contributed by atoms with Crippen molar-refractivity contribution in [1.82, 2.24) is 0 Å². The van der Waals surface area contributed by atoms with Crippen LogP contribution >= 0.6 is 0 Å². The van der Waals surface area contributed by atoms with Gasteiger partial charge in [-0.05, 0) is 36.3 Å². The van der Waals surface area contributed by atoms with Crippen molar-refractivity contribution in [1.29, 1.82) is 0 Å². The van der Waals surface area contributed by atoms with E-state index in [0.717, 1.165) is 16.3 Å². The molecular formula is C17H18O3. The molecule has 0 amide bonds. The summed E-state index contributed by atoms with van der Waals surface area (Å²) in [7, 11) is 0. The molecule has 3 nitrogen and oxygen atoms in total. The van der Waals surface area contributed by atoms with Crippen LogP contribution in [0.5, 0.6) is 0 Å². The fourth-order valence-electron chi connectivity index (χ4n) is 2.03. The maximum Gasteiger partial charge on any atom is 0.373 e. The molecule has 0 unspecified atom stereocenters. The number of rotatable bonds is 5. The zero-order valence-corrected chi connectivity index (χ0v) is 11.8. The Morgan fingerprint density at radius 2 is 1.70 bits per heavy atom. The van der Waals surface area contributed by atoms with Crippen LogP contribution < -0.4 is 0 Å². The second-order valence-electron chi connectivity index (χ2n) is 4.23. The molecule has 0 atom stereocenters. The molecule has 0 aliphatic carbocycles. The van der Waals surface area contributed by atoms with Crippen LogP contribution in [0.3, 0.4) is 0 Å². The van der Waals surface area contributed by atoms with Gasteiger partial charge in [0.2, 0.25) is 5.76 Å². The molecule has 0 saturated carbocycles. The van der Waals surface area contributed by atoms with Gasteiger partial charge in [-0.15, -0.1) is 0 Å². The molecule has 0 aliphatic heterocycles. The number of esters is 1. The molecule has 0 heterocycles. The van der Waals surface area contributed by atoms with E-state index in [1.807, 2.05) is 49.4 Å². The van der Waals surface area contributed by atoms with Crippen LogP contribution in [0.15, 0.2) is 48.2 Å². The Morgan fingerprint density at radius 3 is 2.45 bits per heavy atom. The van der Waals surface area contributed by atoms with Crippen molar-refractivity contribution in [3.63, 3.8) is 0 Å². The first-order valence-electron chi connectivity index (χ1n) is 6.75. The largest absolute Gasteiger partial charge is 0.487 e. The van der Waals surface area contributed by atoms with E-state index < -0.39 is 5.97 Å². The van der Waals surface area contributed by atoms with Gasteiger partial charge in [0, 0.05) is 0 Å². The molecule has 104 valence electrons. The van der Waals surface area contributed by atoms with Crippen molar-refractivity contribution >= 4 is 22.8 Å². The zero-order chi connectivity index (χ0) is 14.4. The fourth-order valence-corrected chi connectivity index (χ4v) is 2.03. The summed E-state index contributed by atoms with van der Waals surface area (Å²) in [4.78, 5) is 11.9. The van der Waals surface area contributed by atoms with Gasteiger partial charge in [-0.2, -0.15) is 0 Å². The molecule has 0 aromatic heterocycles. The third-order valence-electron chi connectivity index (χ3n) is 2.89. The van der Waals surface area contributed by atoms with Crippen molar-refractivity contribution in [3.05, 3.63) is 53.8 Å². The summed E-state index contributed by atoms with van der Waals surface area (Å²) in [5.74, 6) is -0.187. The summed E-state index contributed by atoms with van der Waals surface area (Å²) < 4.78 is 10.4. The Hall–Kier alpha value is -2.29. The smallest absolute Gasteiger partial charge is 0.373 e. The zero-order valence-electron chi connectivity index (χ0n) is 11.8. The Morgan fingerprint density at radius 1 is 1.00 bits per heavy atom. The Labute approximate surface area is 118 Å². The lowest BCUT2D eigenvalue weighted by Gasteiger charge is -2.09. The molecule has 0 radical (unpaired) electrons. The highest BCUT2D eigenvalue weighted by molar-refractivity contribution is 5.97. The highest BCUT2D eigenvalue weighted by Gasteiger charge is 2.12. The van der Waals surface area contributed by atoms with Gasteiger partial charge in [-0.3, -0.25) is 0 Å². The van der Waals surface area contributed by atoms with E-state index in [0.29, 0.717) is 13.2 Å². The summed E-state index contributed by atoms with van der Waals surface area (Å²) in [5, 5.41) is 2.21. The molecule has 2 aromatic carbocycles.